The monoisotopic (exact) mass is 544 g/mol. The van der Waals surface area contributed by atoms with E-state index in [1.807, 2.05) is 36.4 Å². The lowest BCUT2D eigenvalue weighted by molar-refractivity contribution is 0.354. The quantitative estimate of drug-likeness (QED) is 0.262. The second kappa shape index (κ2) is 10.8. The van der Waals surface area contributed by atoms with Gasteiger partial charge in [0.05, 0.1) is 45.1 Å². The third-order valence-corrected chi connectivity index (χ3v) is 8.04. The number of fused-ring (bicyclic) bond motifs is 2. The number of aromatic nitrogens is 1. The highest BCUT2D eigenvalue weighted by molar-refractivity contribution is 7.89. The first-order chi connectivity index (χ1) is 18.9. The standard InChI is InChI=1S/C30H28N2O6S/c1-35-25-12-10-22(17-26(25)36-2)29(30-24-18-28(38-4)27(37-3)16-21(24)13-14-31-30)32-39(33,34)23-11-9-19-7-5-6-8-20(19)15-23/h5-18,29,32H,1-4H3/t29-/m1/s1. The van der Waals surface area contributed by atoms with E-state index in [-0.39, 0.29) is 4.90 Å². The topological polar surface area (TPSA) is 96.0 Å². The van der Waals surface area contributed by atoms with Gasteiger partial charge in [-0.15, -0.1) is 0 Å². The van der Waals surface area contributed by atoms with Gasteiger partial charge < -0.3 is 18.9 Å². The number of hydrogen-bond donors (Lipinski definition) is 1. The van der Waals surface area contributed by atoms with Gasteiger partial charge in [0.25, 0.3) is 0 Å². The maximum Gasteiger partial charge on any atom is 0.241 e. The SMILES string of the molecule is COc1ccc([C@@H](NS(=O)(=O)c2ccc3ccccc3c2)c2nccc3cc(OC)c(OC)cc23)cc1OC. The summed E-state index contributed by atoms with van der Waals surface area (Å²) in [7, 11) is 2.19. The average molecular weight is 545 g/mol. The third kappa shape index (κ3) is 5.06. The molecule has 0 amide bonds. The highest BCUT2D eigenvalue weighted by Gasteiger charge is 2.27. The van der Waals surface area contributed by atoms with Crippen LogP contribution in [0.1, 0.15) is 17.3 Å². The number of methoxy groups -OCH3 is 4. The van der Waals surface area contributed by atoms with Crippen molar-refractivity contribution in [2.24, 2.45) is 0 Å². The van der Waals surface area contributed by atoms with Crippen LogP contribution in [0.15, 0.2) is 90.0 Å². The molecule has 200 valence electrons. The summed E-state index contributed by atoms with van der Waals surface area (Å²) in [6.07, 6.45) is 1.64. The lowest BCUT2D eigenvalue weighted by Gasteiger charge is -2.22. The molecule has 4 aromatic carbocycles. The molecule has 5 aromatic rings. The number of benzene rings is 4. The normalized spacial score (nSPS) is 12.3. The van der Waals surface area contributed by atoms with E-state index in [1.54, 1.807) is 70.0 Å². The van der Waals surface area contributed by atoms with Crippen molar-refractivity contribution in [1.82, 2.24) is 9.71 Å². The number of ether oxygens (including phenoxy) is 4. The third-order valence-electron chi connectivity index (χ3n) is 6.62. The molecule has 0 saturated heterocycles. The Balaban J connectivity index is 1.70. The number of nitrogens with one attached hydrogen (secondary N) is 1. The van der Waals surface area contributed by atoms with Crippen LogP contribution < -0.4 is 23.7 Å². The van der Waals surface area contributed by atoms with Gasteiger partial charge in [-0.3, -0.25) is 4.98 Å². The Hall–Kier alpha value is -4.34. The van der Waals surface area contributed by atoms with Crippen LogP contribution >= 0.6 is 0 Å². The molecule has 0 bridgehead atoms. The molecule has 9 heteroatoms. The second-order valence-corrected chi connectivity index (χ2v) is 10.5. The summed E-state index contributed by atoms with van der Waals surface area (Å²) in [5, 5.41) is 3.29. The van der Waals surface area contributed by atoms with Crippen LogP contribution in [-0.4, -0.2) is 41.8 Å². The van der Waals surface area contributed by atoms with Crippen molar-refractivity contribution < 1.29 is 27.4 Å². The zero-order valence-corrected chi connectivity index (χ0v) is 22.8. The van der Waals surface area contributed by atoms with Crippen molar-refractivity contribution in [3.05, 3.63) is 96.3 Å². The van der Waals surface area contributed by atoms with E-state index < -0.39 is 16.1 Å². The van der Waals surface area contributed by atoms with Crippen molar-refractivity contribution >= 4 is 31.6 Å². The van der Waals surface area contributed by atoms with Gasteiger partial charge in [-0.05, 0) is 64.2 Å². The Morgan fingerprint density at radius 2 is 1.33 bits per heavy atom. The van der Waals surface area contributed by atoms with Crippen molar-refractivity contribution in [3.8, 4) is 23.0 Å². The van der Waals surface area contributed by atoms with Gasteiger partial charge in [-0.1, -0.05) is 36.4 Å². The minimum atomic E-state index is -4.00. The zero-order chi connectivity index (χ0) is 27.6. The summed E-state index contributed by atoms with van der Waals surface area (Å²) in [6.45, 7) is 0. The maximum absolute atomic E-state index is 13.8. The summed E-state index contributed by atoms with van der Waals surface area (Å²) in [6, 6.07) is 22.5. The predicted octanol–water partition coefficient (Wildman–Crippen LogP) is 5.49. The van der Waals surface area contributed by atoms with Crippen LogP contribution in [0, 0.1) is 0 Å². The fraction of sp³-hybridized carbons (Fsp3) is 0.167. The number of sulfonamides is 1. The van der Waals surface area contributed by atoms with E-state index in [9.17, 15) is 8.42 Å². The molecule has 1 heterocycles. The van der Waals surface area contributed by atoms with E-state index in [2.05, 4.69) is 9.71 Å². The van der Waals surface area contributed by atoms with Gasteiger partial charge in [-0.2, -0.15) is 4.72 Å². The largest absolute Gasteiger partial charge is 0.493 e. The Labute approximate surface area is 227 Å². The second-order valence-electron chi connectivity index (χ2n) is 8.80. The smallest absolute Gasteiger partial charge is 0.241 e. The van der Waals surface area contributed by atoms with Gasteiger partial charge in [0.2, 0.25) is 10.0 Å². The fourth-order valence-corrected chi connectivity index (χ4v) is 5.85. The molecule has 1 N–H and O–H groups in total. The highest BCUT2D eigenvalue weighted by atomic mass is 32.2. The minimum Gasteiger partial charge on any atom is -0.493 e. The van der Waals surface area contributed by atoms with Crippen LogP contribution in [0.3, 0.4) is 0 Å². The Kier molecular flexibility index (Phi) is 7.28. The Morgan fingerprint density at radius 1 is 0.667 bits per heavy atom. The predicted molar refractivity (Wildman–Crippen MR) is 151 cm³/mol. The molecule has 1 aromatic heterocycles. The molecule has 8 nitrogen and oxygen atoms in total. The van der Waals surface area contributed by atoms with E-state index in [1.165, 1.54) is 7.11 Å². The number of hydrogen-bond acceptors (Lipinski definition) is 7. The van der Waals surface area contributed by atoms with Gasteiger partial charge in [-0.25, -0.2) is 8.42 Å². The average Bonchev–Trinajstić information content (AvgIpc) is 2.98. The van der Waals surface area contributed by atoms with Gasteiger partial charge >= 0.3 is 0 Å². The molecule has 0 aliphatic rings. The van der Waals surface area contributed by atoms with Crippen molar-refractivity contribution in [2.75, 3.05) is 28.4 Å². The van der Waals surface area contributed by atoms with E-state index in [0.29, 0.717) is 39.6 Å². The minimum absolute atomic E-state index is 0.145. The van der Waals surface area contributed by atoms with Crippen LogP contribution in [0.4, 0.5) is 0 Å². The van der Waals surface area contributed by atoms with E-state index >= 15 is 0 Å². The van der Waals surface area contributed by atoms with Gasteiger partial charge in [0, 0.05) is 11.6 Å². The van der Waals surface area contributed by atoms with E-state index in [4.69, 9.17) is 18.9 Å². The first-order valence-electron chi connectivity index (χ1n) is 12.1. The Bertz CT molecular complexity index is 1770. The van der Waals surface area contributed by atoms with Crippen molar-refractivity contribution in [2.45, 2.75) is 10.9 Å². The molecule has 0 aliphatic carbocycles. The molecule has 0 fully saturated rings. The lowest BCUT2D eigenvalue weighted by Crippen LogP contribution is -2.30. The van der Waals surface area contributed by atoms with Crippen molar-refractivity contribution in [1.29, 1.82) is 0 Å². The lowest BCUT2D eigenvalue weighted by atomic mass is 9.98. The fourth-order valence-electron chi connectivity index (χ4n) is 4.62. The molecule has 0 aliphatic heterocycles. The van der Waals surface area contributed by atoms with Crippen LogP contribution in [-0.2, 0) is 10.0 Å². The molecule has 0 saturated carbocycles. The first kappa shape index (κ1) is 26.3. The van der Waals surface area contributed by atoms with Crippen molar-refractivity contribution in [3.63, 3.8) is 0 Å². The molecular formula is C30H28N2O6S. The summed E-state index contributed by atoms with van der Waals surface area (Å²) < 4.78 is 52.5. The Morgan fingerprint density at radius 3 is 2.05 bits per heavy atom. The molecular weight excluding hydrogens is 516 g/mol. The summed E-state index contributed by atoms with van der Waals surface area (Å²) >= 11 is 0. The molecule has 0 radical (unpaired) electrons. The molecule has 39 heavy (non-hydrogen) atoms. The highest BCUT2D eigenvalue weighted by Crippen LogP contribution is 2.38. The van der Waals surface area contributed by atoms with Crippen LogP contribution in [0.5, 0.6) is 23.0 Å². The number of nitrogens with zero attached hydrogens (tertiary/aromatic N) is 1. The summed E-state index contributed by atoms with van der Waals surface area (Å²) in [5.41, 5.74) is 1.11. The zero-order valence-electron chi connectivity index (χ0n) is 22.0. The van der Waals surface area contributed by atoms with Gasteiger partial charge in [0.15, 0.2) is 23.0 Å². The molecule has 1 atom stereocenters. The van der Waals surface area contributed by atoms with E-state index in [0.717, 1.165) is 16.2 Å². The first-order valence-corrected chi connectivity index (χ1v) is 13.6. The molecule has 0 unspecified atom stereocenters. The van der Waals surface area contributed by atoms with Crippen LogP contribution in [0.25, 0.3) is 21.5 Å². The van der Waals surface area contributed by atoms with Crippen LogP contribution in [0.2, 0.25) is 0 Å². The summed E-state index contributed by atoms with van der Waals surface area (Å²) in [4.78, 5) is 4.79. The maximum atomic E-state index is 13.8. The molecule has 5 rings (SSSR count). The summed E-state index contributed by atoms with van der Waals surface area (Å²) in [5.74, 6) is 2.04. The van der Waals surface area contributed by atoms with Gasteiger partial charge in [0.1, 0.15) is 0 Å². The number of pyridine rings is 1. The number of rotatable bonds is 9. The molecule has 0 spiro atoms.